The SMILES string of the molecule is CC1=NC2=CN(C(=O)O)NN2C(SCC2=C(C(=O)O)N3C(=O)[C@@H](NC(=O)/C(=N\OC(=O)Cc4cccs4)c4csc(N)n4)[C@H]3SC2)=C1. The molecule has 17 nitrogen and oxygen atoms in total. The summed E-state index contributed by atoms with van der Waals surface area (Å²) >= 11 is 4.90. The molecule has 21 heteroatoms. The molecule has 0 radical (unpaired) electrons. The van der Waals surface area contributed by atoms with Crippen molar-refractivity contribution in [1.82, 2.24) is 30.8 Å². The van der Waals surface area contributed by atoms with E-state index in [0.717, 1.165) is 26.1 Å². The summed E-state index contributed by atoms with van der Waals surface area (Å²) in [5, 5.41) is 31.3. The third kappa shape index (κ3) is 6.60. The minimum Gasteiger partial charge on any atom is -0.477 e. The number of carboxylic acids is 1. The van der Waals surface area contributed by atoms with Gasteiger partial charge in [-0.3, -0.25) is 14.5 Å². The number of hydrazine groups is 2. The molecular formula is C26H23N9O8S4. The Labute approximate surface area is 281 Å². The van der Waals surface area contributed by atoms with Crippen LogP contribution in [0.4, 0.5) is 9.93 Å². The predicted molar refractivity (Wildman–Crippen MR) is 173 cm³/mol. The molecule has 2 atom stereocenters. The summed E-state index contributed by atoms with van der Waals surface area (Å²) in [6.45, 7) is 1.74. The van der Waals surface area contributed by atoms with Crippen molar-refractivity contribution >= 4 is 92.6 Å². The van der Waals surface area contributed by atoms with Crippen molar-refractivity contribution in [2.24, 2.45) is 10.1 Å². The Kier molecular flexibility index (Phi) is 9.05. The summed E-state index contributed by atoms with van der Waals surface area (Å²) in [4.78, 5) is 78.1. The maximum atomic E-state index is 13.4. The largest absolute Gasteiger partial charge is 0.477 e. The van der Waals surface area contributed by atoms with Gasteiger partial charge in [-0.05, 0) is 30.0 Å². The molecule has 0 bridgehead atoms. The van der Waals surface area contributed by atoms with E-state index in [-0.39, 0.29) is 40.2 Å². The minimum absolute atomic E-state index is 0.0357. The summed E-state index contributed by atoms with van der Waals surface area (Å²) in [5.41, 5.74) is 8.95. The molecule has 2 aromatic rings. The molecule has 4 aliphatic rings. The van der Waals surface area contributed by atoms with Gasteiger partial charge in [-0.15, -0.1) is 51.7 Å². The number of β-lactam (4-membered cyclic amide) rings is 1. The van der Waals surface area contributed by atoms with Gasteiger partial charge in [0.05, 0.1) is 17.6 Å². The first-order valence-corrected chi connectivity index (χ1v) is 17.2. The molecule has 2 aromatic heterocycles. The lowest BCUT2D eigenvalue weighted by Crippen LogP contribution is -2.71. The Morgan fingerprint density at radius 3 is 2.77 bits per heavy atom. The quantitative estimate of drug-likeness (QED) is 0.102. The van der Waals surface area contributed by atoms with Crippen molar-refractivity contribution in [3.63, 3.8) is 0 Å². The molecule has 1 saturated heterocycles. The van der Waals surface area contributed by atoms with Crippen LogP contribution in [0.15, 0.2) is 67.4 Å². The van der Waals surface area contributed by atoms with Crippen molar-refractivity contribution in [3.05, 3.63) is 67.9 Å². The number of carbonyl (C=O) groups excluding carboxylic acids is 3. The number of carboxylic acid groups (broad SMARTS) is 2. The number of nitrogen functional groups attached to an aromatic ring is 1. The lowest BCUT2D eigenvalue weighted by atomic mass is 10.0. The van der Waals surface area contributed by atoms with E-state index in [1.54, 1.807) is 30.5 Å². The number of amides is 3. The van der Waals surface area contributed by atoms with Crippen molar-refractivity contribution < 1.29 is 39.0 Å². The lowest BCUT2D eigenvalue weighted by Gasteiger charge is -2.49. The number of fused-ring (bicyclic) bond motifs is 2. The molecule has 1 fully saturated rings. The van der Waals surface area contributed by atoms with Crippen LogP contribution in [0.1, 0.15) is 17.5 Å². The molecule has 0 saturated carbocycles. The highest BCUT2D eigenvalue weighted by Crippen LogP contribution is 2.42. The normalized spacial score (nSPS) is 20.5. The second-order valence-electron chi connectivity index (χ2n) is 9.95. The van der Waals surface area contributed by atoms with Crippen molar-refractivity contribution in [2.45, 2.75) is 24.8 Å². The number of aliphatic carboxylic acids is 1. The number of rotatable bonds is 10. The van der Waals surface area contributed by atoms with Crippen molar-refractivity contribution in [1.29, 1.82) is 0 Å². The Balaban J connectivity index is 1.15. The molecule has 0 unspecified atom stereocenters. The number of allylic oxidation sites excluding steroid dienone is 1. The first-order valence-electron chi connectivity index (χ1n) is 13.4. The number of nitrogens with two attached hydrogens (primary N) is 1. The number of thioether (sulfide) groups is 2. The van der Waals surface area contributed by atoms with Gasteiger partial charge >= 0.3 is 18.0 Å². The number of thiazole rings is 1. The molecular weight excluding hydrogens is 695 g/mol. The van der Waals surface area contributed by atoms with Gasteiger partial charge in [-0.1, -0.05) is 11.2 Å². The molecule has 4 aliphatic heterocycles. The molecule has 47 heavy (non-hydrogen) atoms. The summed E-state index contributed by atoms with van der Waals surface area (Å²) in [6.07, 6.45) is 1.73. The average Bonchev–Trinajstić information content (AvgIpc) is 3.80. The second kappa shape index (κ2) is 13.2. The molecule has 6 rings (SSSR count). The first-order chi connectivity index (χ1) is 22.5. The number of aliphatic imine (C=N–C) groups is 1. The average molecular weight is 718 g/mol. The van der Waals surface area contributed by atoms with Crippen LogP contribution in [0.5, 0.6) is 0 Å². The molecule has 6 N–H and O–H groups in total. The third-order valence-corrected chi connectivity index (χ3v) is 10.8. The number of carbonyl (C=O) groups is 5. The van der Waals surface area contributed by atoms with Crippen LogP contribution < -0.4 is 16.6 Å². The van der Waals surface area contributed by atoms with Crippen LogP contribution in [0.25, 0.3) is 0 Å². The van der Waals surface area contributed by atoms with Gasteiger partial charge in [0.2, 0.25) is 0 Å². The van der Waals surface area contributed by atoms with E-state index in [2.05, 4.69) is 26.0 Å². The maximum Gasteiger partial charge on any atom is 0.427 e. The van der Waals surface area contributed by atoms with Gasteiger partial charge < -0.3 is 26.1 Å². The van der Waals surface area contributed by atoms with Gasteiger partial charge in [0.25, 0.3) is 11.8 Å². The van der Waals surface area contributed by atoms with Crippen LogP contribution in [0.2, 0.25) is 0 Å². The predicted octanol–water partition coefficient (Wildman–Crippen LogP) is 1.58. The maximum absolute atomic E-state index is 13.4. The highest BCUT2D eigenvalue weighted by molar-refractivity contribution is 8.03. The number of aromatic nitrogens is 1. The van der Waals surface area contributed by atoms with Gasteiger partial charge in [-0.25, -0.2) is 29.4 Å². The fraction of sp³-hybridized carbons (Fsp3) is 0.231. The summed E-state index contributed by atoms with van der Waals surface area (Å²) in [6, 6.07) is 2.43. The number of hydrogen-bond acceptors (Lipinski definition) is 16. The van der Waals surface area contributed by atoms with E-state index in [0.29, 0.717) is 22.1 Å². The molecule has 0 spiro atoms. The smallest absolute Gasteiger partial charge is 0.427 e. The van der Waals surface area contributed by atoms with E-state index < -0.39 is 41.3 Å². The standard InChI is InChI=1S/C26H23N9O8S4/c1-11-5-16(35-15(28-11)7-33(32-35)26(41)42)45-8-12-9-46-23-19(22(38)34(23)20(12)24(39)40)30-21(37)18(14-10-47-25(27)29-14)31-43-17(36)6-13-3-2-4-44-13/h2-5,7,10,19,23,32H,6,8-9H2,1H3,(H2,27,29)(H,30,37)(H,39,40)(H,41,42)/b31-18-/t19-,23-/m1/s1. The van der Waals surface area contributed by atoms with Gasteiger partial charge in [-0.2, -0.15) is 5.01 Å². The van der Waals surface area contributed by atoms with Crippen LogP contribution in [-0.4, -0.2) is 94.3 Å². The minimum atomic E-state index is -1.31. The van der Waals surface area contributed by atoms with E-state index in [4.69, 9.17) is 10.6 Å². The second-order valence-corrected chi connectivity index (χ2v) is 14.0. The topological polar surface area (TPSA) is 232 Å². The Hall–Kier alpha value is -4.70. The zero-order valence-corrected chi connectivity index (χ0v) is 27.2. The monoisotopic (exact) mass is 717 g/mol. The zero-order valence-electron chi connectivity index (χ0n) is 24.0. The number of nitrogens with one attached hydrogen (secondary N) is 2. The van der Waals surface area contributed by atoms with Crippen LogP contribution in [0.3, 0.4) is 0 Å². The highest BCUT2D eigenvalue weighted by Gasteiger charge is 2.54. The summed E-state index contributed by atoms with van der Waals surface area (Å²) in [5.74, 6) is -2.79. The van der Waals surface area contributed by atoms with E-state index in [9.17, 15) is 34.2 Å². The highest BCUT2D eigenvalue weighted by atomic mass is 32.2. The fourth-order valence-electron chi connectivity index (χ4n) is 4.71. The Morgan fingerprint density at radius 1 is 1.28 bits per heavy atom. The molecule has 6 heterocycles. The van der Waals surface area contributed by atoms with Crippen LogP contribution >= 0.6 is 46.2 Å². The lowest BCUT2D eigenvalue weighted by molar-refractivity contribution is -0.150. The van der Waals surface area contributed by atoms with Crippen molar-refractivity contribution in [2.75, 3.05) is 17.2 Å². The first kappa shape index (κ1) is 32.2. The number of hydrogen-bond donors (Lipinski definition) is 5. The van der Waals surface area contributed by atoms with E-state index in [1.165, 1.54) is 51.4 Å². The van der Waals surface area contributed by atoms with Gasteiger partial charge in [0.15, 0.2) is 16.7 Å². The van der Waals surface area contributed by atoms with Crippen molar-refractivity contribution in [3.8, 4) is 0 Å². The number of oxime groups is 1. The number of anilines is 1. The van der Waals surface area contributed by atoms with Crippen LogP contribution in [0, 0.1) is 0 Å². The molecule has 244 valence electrons. The molecule has 0 aliphatic carbocycles. The molecule has 0 aromatic carbocycles. The third-order valence-electron chi connectivity index (χ3n) is 6.78. The van der Waals surface area contributed by atoms with Gasteiger partial charge in [0, 0.05) is 27.5 Å². The van der Waals surface area contributed by atoms with Crippen LogP contribution in [-0.2, 0) is 30.4 Å². The van der Waals surface area contributed by atoms with E-state index in [1.807, 2.05) is 0 Å². The fourth-order valence-corrected chi connectivity index (χ4v) is 8.50. The Morgan fingerprint density at radius 2 is 2.09 bits per heavy atom. The van der Waals surface area contributed by atoms with Gasteiger partial charge in [0.1, 0.15) is 22.8 Å². The summed E-state index contributed by atoms with van der Waals surface area (Å²) in [7, 11) is 0. The number of nitrogens with zero attached hydrogens (tertiary/aromatic N) is 6. The zero-order chi connectivity index (χ0) is 33.4. The molecule has 3 amide bonds. The number of thiophene rings is 1. The Bertz CT molecular complexity index is 1830. The van der Waals surface area contributed by atoms with E-state index >= 15 is 0 Å². The summed E-state index contributed by atoms with van der Waals surface area (Å²) < 4.78 is 0.